The van der Waals surface area contributed by atoms with Gasteiger partial charge in [0.2, 0.25) is 0 Å². The van der Waals surface area contributed by atoms with Crippen LogP contribution in [0.25, 0.3) is 0 Å². The second-order valence-corrected chi connectivity index (χ2v) is 9.44. The van der Waals surface area contributed by atoms with E-state index < -0.39 is 0 Å². The molecule has 158 valence electrons. The highest BCUT2D eigenvalue weighted by molar-refractivity contribution is 5.80. The average molecular weight is 400 g/mol. The van der Waals surface area contributed by atoms with Crippen molar-refractivity contribution in [2.24, 2.45) is 16.8 Å². The summed E-state index contributed by atoms with van der Waals surface area (Å²) in [7, 11) is 0. The predicted molar refractivity (Wildman–Crippen MR) is 113 cm³/mol. The first-order valence-corrected chi connectivity index (χ1v) is 11.1. The second-order valence-electron chi connectivity index (χ2n) is 9.44. The quantitative estimate of drug-likeness (QED) is 0.623. The number of guanidine groups is 1. The standard InChI is InChI=1S/C23H33N3O3/c1-4-24-22(26-12-16-17(13-26)19-8-7-18(16)29-19)25-14-23(2,3)15-5-6-20-21(11-15)28-10-9-27-20/h5-6,11,16-19H,4,7-10,12-14H2,1-3H3,(H,24,25). The largest absolute Gasteiger partial charge is 0.486 e. The summed E-state index contributed by atoms with van der Waals surface area (Å²) in [5, 5.41) is 3.53. The highest BCUT2D eigenvalue weighted by Crippen LogP contribution is 2.47. The maximum atomic E-state index is 6.14. The lowest BCUT2D eigenvalue weighted by molar-refractivity contribution is 0.0767. The second kappa shape index (κ2) is 7.38. The number of nitrogens with one attached hydrogen (secondary N) is 1. The highest BCUT2D eigenvalue weighted by Gasteiger charge is 2.53. The molecule has 4 aliphatic heterocycles. The predicted octanol–water partition coefficient (Wildman–Crippen LogP) is 2.81. The van der Waals surface area contributed by atoms with Gasteiger partial charge in [-0.15, -0.1) is 0 Å². The zero-order chi connectivity index (χ0) is 20.0. The van der Waals surface area contributed by atoms with Gasteiger partial charge in [0.25, 0.3) is 0 Å². The van der Waals surface area contributed by atoms with Crippen LogP contribution in [0, 0.1) is 11.8 Å². The van der Waals surface area contributed by atoms with Crippen LogP contribution in [-0.4, -0.2) is 62.5 Å². The lowest BCUT2D eigenvalue weighted by Gasteiger charge is -2.28. The number of nitrogens with zero attached hydrogens (tertiary/aromatic N) is 2. The Morgan fingerprint density at radius 2 is 1.79 bits per heavy atom. The summed E-state index contributed by atoms with van der Waals surface area (Å²) in [6.07, 6.45) is 3.44. The Balaban J connectivity index is 1.31. The summed E-state index contributed by atoms with van der Waals surface area (Å²) in [5.41, 5.74) is 1.14. The van der Waals surface area contributed by atoms with Gasteiger partial charge in [-0.25, -0.2) is 0 Å². The first kappa shape index (κ1) is 19.0. The minimum Gasteiger partial charge on any atom is -0.486 e. The first-order valence-electron chi connectivity index (χ1n) is 11.1. The minimum atomic E-state index is -0.0890. The van der Waals surface area contributed by atoms with E-state index >= 15 is 0 Å². The molecule has 0 radical (unpaired) electrons. The van der Waals surface area contributed by atoms with E-state index in [1.807, 2.05) is 6.07 Å². The average Bonchev–Trinajstić information content (AvgIpc) is 3.44. The number of aliphatic imine (C=N–C) groups is 1. The minimum absolute atomic E-state index is 0.0890. The fraction of sp³-hybridized carbons (Fsp3) is 0.696. The third kappa shape index (κ3) is 3.45. The van der Waals surface area contributed by atoms with E-state index in [1.165, 1.54) is 18.4 Å². The van der Waals surface area contributed by atoms with E-state index in [0.29, 0.717) is 37.3 Å². The molecule has 0 amide bonds. The Morgan fingerprint density at radius 3 is 2.48 bits per heavy atom. The van der Waals surface area contributed by atoms with Crippen LogP contribution in [0.4, 0.5) is 0 Å². The van der Waals surface area contributed by atoms with Crippen LogP contribution in [0.5, 0.6) is 11.5 Å². The molecule has 1 aromatic rings. The summed E-state index contributed by atoms with van der Waals surface area (Å²) in [6.45, 7) is 11.6. The van der Waals surface area contributed by atoms with E-state index in [9.17, 15) is 0 Å². The summed E-state index contributed by atoms with van der Waals surface area (Å²) >= 11 is 0. The molecule has 29 heavy (non-hydrogen) atoms. The number of hydrogen-bond donors (Lipinski definition) is 1. The van der Waals surface area contributed by atoms with Crippen molar-refractivity contribution in [3.05, 3.63) is 23.8 Å². The normalized spacial score (nSPS) is 30.6. The van der Waals surface area contributed by atoms with Crippen LogP contribution >= 0.6 is 0 Å². The van der Waals surface area contributed by atoms with Crippen molar-refractivity contribution in [3.63, 3.8) is 0 Å². The molecule has 1 aromatic carbocycles. The third-order valence-corrected chi connectivity index (χ3v) is 7.03. The Labute approximate surface area is 173 Å². The molecule has 3 saturated heterocycles. The van der Waals surface area contributed by atoms with Gasteiger partial charge in [-0.3, -0.25) is 4.99 Å². The summed E-state index contributed by atoms with van der Waals surface area (Å²) in [4.78, 5) is 7.54. The van der Waals surface area contributed by atoms with Crippen molar-refractivity contribution in [1.82, 2.24) is 10.2 Å². The molecule has 1 N–H and O–H groups in total. The van der Waals surface area contributed by atoms with Crippen molar-refractivity contribution >= 4 is 5.96 Å². The molecule has 2 bridgehead atoms. The number of fused-ring (bicyclic) bond motifs is 6. The molecular weight excluding hydrogens is 366 g/mol. The Kier molecular flexibility index (Phi) is 4.85. The maximum Gasteiger partial charge on any atom is 0.193 e. The Morgan fingerprint density at radius 1 is 1.10 bits per heavy atom. The van der Waals surface area contributed by atoms with Crippen LogP contribution < -0.4 is 14.8 Å². The molecule has 4 atom stereocenters. The van der Waals surface area contributed by atoms with Crippen LogP contribution in [0.1, 0.15) is 39.2 Å². The fourth-order valence-corrected chi connectivity index (χ4v) is 5.39. The first-order chi connectivity index (χ1) is 14.0. The van der Waals surface area contributed by atoms with Crippen molar-refractivity contribution in [2.75, 3.05) is 39.4 Å². The smallest absolute Gasteiger partial charge is 0.193 e. The molecule has 0 aliphatic carbocycles. The van der Waals surface area contributed by atoms with Gasteiger partial charge in [0.05, 0.1) is 18.8 Å². The van der Waals surface area contributed by atoms with Crippen LogP contribution in [0.3, 0.4) is 0 Å². The van der Waals surface area contributed by atoms with Gasteiger partial charge in [-0.1, -0.05) is 19.9 Å². The molecule has 4 aliphatic rings. The third-order valence-electron chi connectivity index (χ3n) is 7.03. The molecule has 6 heteroatoms. The lowest BCUT2D eigenvalue weighted by Crippen LogP contribution is -2.42. The van der Waals surface area contributed by atoms with Crippen molar-refractivity contribution < 1.29 is 14.2 Å². The molecule has 3 fully saturated rings. The van der Waals surface area contributed by atoms with E-state index in [4.69, 9.17) is 19.2 Å². The van der Waals surface area contributed by atoms with Crippen molar-refractivity contribution in [2.45, 2.75) is 51.2 Å². The fourth-order valence-electron chi connectivity index (χ4n) is 5.39. The molecule has 0 aromatic heterocycles. The molecule has 4 heterocycles. The van der Waals surface area contributed by atoms with Crippen molar-refractivity contribution in [1.29, 1.82) is 0 Å². The van der Waals surface area contributed by atoms with Crippen molar-refractivity contribution in [3.8, 4) is 11.5 Å². The molecule has 6 nitrogen and oxygen atoms in total. The van der Waals surface area contributed by atoms with Crippen LogP contribution in [-0.2, 0) is 10.2 Å². The molecule has 0 spiro atoms. The van der Waals surface area contributed by atoms with Crippen LogP contribution in [0.2, 0.25) is 0 Å². The van der Waals surface area contributed by atoms with Gasteiger partial charge in [-0.05, 0) is 37.5 Å². The number of hydrogen-bond acceptors (Lipinski definition) is 4. The van der Waals surface area contributed by atoms with Gasteiger partial charge < -0.3 is 24.4 Å². The molecule has 4 unspecified atom stereocenters. The summed E-state index contributed by atoms with van der Waals surface area (Å²) in [6, 6.07) is 6.29. The van der Waals surface area contributed by atoms with Gasteiger partial charge in [0.1, 0.15) is 13.2 Å². The number of rotatable bonds is 4. The molecule has 0 saturated carbocycles. The monoisotopic (exact) mass is 399 g/mol. The van der Waals surface area contributed by atoms with E-state index in [0.717, 1.165) is 43.6 Å². The summed E-state index contributed by atoms with van der Waals surface area (Å²) in [5.74, 6) is 4.10. The Bertz CT molecular complexity index is 776. The number of ether oxygens (including phenoxy) is 3. The van der Waals surface area contributed by atoms with E-state index in [-0.39, 0.29) is 5.41 Å². The highest BCUT2D eigenvalue weighted by atomic mass is 16.6. The molecule has 5 rings (SSSR count). The summed E-state index contributed by atoms with van der Waals surface area (Å²) < 4.78 is 17.6. The van der Waals surface area contributed by atoms with Gasteiger partial charge in [0, 0.05) is 36.9 Å². The number of likely N-dealkylation sites (tertiary alicyclic amines) is 1. The van der Waals surface area contributed by atoms with Crippen LogP contribution in [0.15, 0.2) is 23.2 Å². The van der Waals surface area contributed by atoms with Gasteiger partial charge in [-0.2, -0.15) is 0 Å². The topological polar surface area (TPSA) is 55.3 Å². The molecular formula is C23H33N3O3. The SMILES string of the molecule is CCNC(=NCC(C)(C)c1ccc2c(c1)OCCO2)N1CC2C3CCC(O3)C2C1. The zero-order valence-corrected chi connectivity index (χ0v) is 17.8. The maximum absolute atomic E-state index is 6.14. The van der Waals surface area contributed by atoms with E-state index in [2.05, 4.69) is 43.1 Å². The van der Waals surface area contributed by atoms with Gasteiger partial charge in [0.15, 0.2) is 17.5 Å². The lowest BCUT2D eigenvalue weighted by atomic mass is 9.82. The zero-order valence-electron chi connectivity index (χ0n) is 17.8. The van der Waals surface area contributed by atoms with Gasteiger partial charge >= 0.3 is 0 Å². The van der Waals surface area contributed by atoms with E-state index in [1.54, 1.807) is 0 Å². The Hall–Kier alpha value is -1.95. The number of benzene rings is 1.